The van der Waals surface area contributed by atoms with E-state index in [-0.39, 0.29) is 9.88 Å². The summed E-state index contributed by atoms with van der Waals surface area (Å²) in [5, 5.41) is 0. The highest BCUT2D eigenvalue weighted by atomic mass is 32.2. The molecule has 1 saturated heterocycles. The molecule has 0 aromatic carbocycles. The molecule has 6 nitrogen and oxygen atoms in total. The van der Waals surface area contributed by atoms with Crippen LogP contribution in [-0.2, 0) is 10.0 Å². The molecule has 1 aromatic heterocycles. The van der Waals surface area contributed by atoms with Crippen molar-refractivity contribution in [3.63, 3.8) is 0 Å². The van der Waals surface area contributed by atoms with Gasteiger partial charge in [0.15, 0.2) is 0 Å². The number of aromatic nitrogens is 1. The summed E-state index contributed by atoms with van der Waals surface area (Å²) < 4.78 is 26.2. The van der Waals surface area contributed by atoms with Crippen molar-refractivity contribution in [2.45, 2.75) is 17.7 Å². The molecule has 1 aliphatic rings. The number of thiocarbonyl (C=S) groups is 1. The quantitative estimate of drug-likeness (QED) is 0.763. The third-order valence-corrected chi connectivity index (χ3v) is 5.68. The van der Waals surface area contributed by atoms with Gasteiger partial charge in [-0.1, -0.05) is 12.2 Å². The highest BCUT2D eigenvalue weighted by Crippen LogP contribution is 2.14. The van der Waals surface area contributed by atoms with Crippen LogP contribution in [0.5, 0.6) is 0 Å². The summed E-state index contributed by atoms with van der Waals surface area (Å²) in [7, 11) is -1.92. The van der Waals surface area contributed by atoms with E-state index in [2.05, 4.69) is 9.88 Å². The van der Waals surface area contributed by atoms with Gasteiger partial charge in [-0.05, 0) is 38.1 Å². The fraction of sp³-hybridized carbons (Fsp3) is 0.538. The Hall–Kier alpha value is -1.09. The minimum atomic E-state index is -3.51. The van der Waals surface area contributed by atoms with Gasteiger partial charge in [-0.15, -0.1) is 0 Å². The summed E-state index contributed by atoms with van der Waals surface area (Å²) in [6, 6.07) is 3.02. The molecule has 0 bridgehead atoms. The minimum absolute atomic E-state index is 0.154. The molecule has 0 radical (unpaired) electrons. The topological polar surface area (TPSA) is 79.5 Å². The Balaban J connectivity index is 2.03. The normalized spacial score (nSPS) is 16.5. The summed E-state index contributed by atoms with van der Waals surface area (Å²) in [5.74, 6) is 0. The number of nitrogens with zero attached hydrogens (tertiary/aromatic N) is 3. The molecule has 0 amide bonds. The molecule has 21 heavy (non-hydrogen) atoms. The van der Waals surface area contributed by atoms with Gasteiger partial charge in [0.25, 0.3) is 0 Å². The predicted octanol–water partition coefficient (Wildman–Crippen LogP) is 0.432. The van der Waals surface area contributed by atoms with Gasteiger partial charge in [0, 0.05) is 26.3 Å². The van der Waals surface area contributed by atoms with Crippen LogP contribution in [0, 0.1) is 0 Å². The van der Waals surface area contributed by atoms with Crippen molar-refractivity contribution in [3.05, 3.63) is 24.0 Å². The highest BCUT2D eigenvalue weighted by molar-refractivity contribution is 7.89. The van der Waals surface area contributed by atoms with Gasteiger partial charge in [-0.25, -0.2) is 8.42 Å². The second-order valence-corrected chi connectivity index (χ2v) is 7.60. The molecule has 2 heterocycles. The molecular weight excluding hydrogens is 308 g/mol. The van der Waals surface area contributed by atoms with E-state index in [1.807, 2.05) is 0 Å². The maximum atomic E-state index is 12.4. The highest BCUT2D eigenvalue weighted by Gasteiger charge is 2.22. The Morgan fingerprint density at radius 1 is 1.43 bits per heavy atom. The minimum Gasteiger partial charge on any atom is -0.388 e. The smallest absolute Gasteiger partial charge is 0.244 e. The number of likely N-dealkylation sites (tertiary alicyclic amines) is 1. The van der Waals surface area contributed by atoms with E-state index >= 15 is 0 Å². The van der Waals surface area contributed by atoms with Crippen LogP contribution >= 0.6 is 12.2 Å². The van der Waals surface area contributed by atoms with Crippen molar-refractivity contribution in [2.24, 2.45) is 5.73 Å². The number of rotatable bonds is 6. The van der Waals surface area contributed by atoms with Crippen molar-refractivity contribution >= 4 is 27.2 Å². The van der Waals surface area contributed by atoms with Crippen LogP contribution in [-0.4, -0.2) is 60.8 Å². The van der Waals surface area contributed by atoms with Gasteiger partial charge in [0.05, 0.1) is 5.69 Å². The third-order valence-electron chi connectivity index (χ3n) is 3.63. The van der Waals surface area contributed by atoms with Gasteiger partial charge in [-0.3, -0.25) is 4.98 Å². The molecular formula is C13H20N4O2S2. The van der Waals surface area contributed by atoms with Gasteiger partial charge in [0.1, 0.15) is 9.88 Å². The number of hydrogen-bond acceptors (Lipinski definition) is 5. The lowest BCUT2D eigenvalue weighted by Crippen LogP contribution is -2.35. The number of nitrogens with two attached hydrogens (primary N) is 1. The van der Waals surface area contributed by atoms with Crippen molar-refractivity contribution in [1.29, 1.82) is 0 Å². The number of pyridine rings is 1. The van der Waals surface area contributed by atoms with Gasteiger partial charge >= 0.3 is 0 Å². The molecule has 2 N–H and O–H groups in total. The Kier molecular flexibility index (Phi) is 5.26. The van der Waals surface area contributed by atoms with E-state index in [9.17, 15) is 8.42 Å². The molecule has 1 aliphatic heterocycles. The van der Waals surface area contributed by atoms with Crippen LogP contribution in [0.4, 0.5) is 0 Å². The number of likely N-dealkylation sites (N-methyl/N-ethyl adjacent to an activating group) is 1. The van der Waals surface area contributed by atoms with Crippen molar-refractivity contribution in [2.75, 3.05) is 33.2 Å². The maximum absolute atomic E-state index is 12.4. The first-order chi connectivity index (χ1) is 9.91. The lowest BCUT2D eigenvalue weighted by atomic mass is 10.3. The molecule has 1 fully saturated rings. The van der Waals surface area contributed by atoms with Gasteiger partial charge in [0.2, 0.25) is 10.0 Å². The molecule has 0 saturated carbocycles. The van der Waals surface area contributed by atoms with Gasteiger partial charge in [-0.2, -0.15) is 4.31 Å². The van der Waals surface area contributed by atoms with Crippen LogP contribution < -0.4 is 5.73 Å². The first kappa shape index (κ1) is 16.3. The second-order valence-electron chi connectivity index (χ2n) is 5.12. The van der Waals surface area contributed by atoms with E-state index in [4.69, 9.17) is 18.0 Å². The predicted molar refractivity (Wildman–Crippen MR) is 85.6 cm³/mol. The van der Waals surface area contributed by atoms with E-state index < -0.39 is 10.0 Å². The van der Waals surface area contributed by atoms with Gasteiger partial charge < -0.3 is 10.6 Å². The standard InChI is InChI=1S/C13H20N4O2S2/c1-16(8-9-17-6-2-3-7-17)21(18,19)11-4-5-12(13(14)20)15-10-11/h4-5,10H,2-3,6-9H2,1H3,(H2,14,20). The van der Waals surface area contributed by atoms with E-state index in [0.717, 1.165) is 19.6 Å². The average molecular weight is 328 g/mol. The summed E-state index contributed by atoms with van der Waals surface area (Å²) in [6.07, 6.45) is 3.69. The van der Waals surface area contributed by atoms with Crippen LogP contribution in [0.25, 0.3) is 0 Å². The molecule has 1 aromatic rings. The summed E-state index contributed by atoms with van der Waals surface area (Å²) in [5.41, 5.74) is 5.87. The summed E-state index contributed by atoms with van der Waals surface area (Å²) in [6.45, 7) is 3.34. The Morgan fingerprint density at radius 2 is 2.10 bits per heavy atom. The van der Waals surface area contributed by atoms with E-state index in [0.29, 0.717) is 12.2 Å². The Morgan fingerprint density at radius 3 is 2.62 bits per heavy atom. The lowest BCUT2D eigenvalue weighted by molar-refractivity contribution is 0.310. The van der Waals surface area contributed by atoms with Crippen LogP contribution in [0.3, 0.4) is 0 Å². The zero-order valence-corrected chi connectivity index (χ0v) is 13.7. The number of hydrogen-bond donors (Lipinski definition) is 1. The zero-order valence-electron chi connectivity index (χ0n) is 12.0. The summed E-state index contributed by atoms with van der Waals surface area (Å²) in [4.78, 5) is 6.57. The molecule has 2 rings (SSSR count). The van der Waals surface area contributed by atoms with Crippen LogP contribution in [0.1, 0.15) is 18.5 Å². The van der Waals surface area contributed by atoms with Crippen molar-refractivity contribution < 1.29 is 8.42 Å². The Labute approximate surface area is 131 Å². The maximum Gasteiger partial charge on any atom is 0.244 e. The molecule has 0 spiro atoms. The largest absolute Gasteiger partial charge is 0.388 e. The zero-order chi connectivity index (χ0) is 15.5. The first-order valence-corrected chi connectivity index (χ1v) is 8.70. The Bertz CT molecular complexity index is 595. The third kappa shape index (κ3) is 3.97. The molecule has 0 unspecified atom stereocenters. The van der Waals surface area contributed by atoms with E-state index in [1.165, 1.54) is 35.5 Å². The second kappa shape index (κ2) is 6.78. The fourth-order valence-corrected chi connectivity index (χ4v) is 3.50. The average Bonchev–Trinajstić information content (AvgIpc) is 2.98. The number of sulfonamides is 1. The van der Waals surface area contributed by atoms with Crippen LogP contribution in [0.2, 0.25) is 0 Å². The molecule has 8 heteroatoms. The fourth-order valence-electron chi connectivity index (χ4n) is 2.27. The summed E-state index contributed by atoms with van der Waals surface area (Å²) >= 11 is 4.80. The van der Waals surface area contributed by atoms with Crippen LogP contribution in [0.15, 0.2) is 23.2 Å². The molecule has 0 aliphatic carbocycles. The SMILES string of the molecule is CN(CCN1CCCC1)S(=O)(=O)c1ccc(C(N)=S)nc1. The lowest BCUT2D eigenvalue weighted by Gasteiger charge is -2.21. The van der Waals surface area contributed by atoms with Crippen molar-refractivity contribution in [1.82, 2.24) is 14.2 Å². The van der Waals surface area contributed by atoms with Crippen molar-refractivity contribution in [3.8, 4) is 0 Å². The first-order valence-electron chi connectivity index (χ1n) is 6.86. The van der Waals surface area contributed by atoms with E-state index in [1.54, 1.807) is 7.05 Å². The monoisotopic (exact) mass is 328 g/mol. The molecule has 116 valence electrons. The molecule has 0 atom stereocenters.